The molecule has 0 aliphatic heterocycles. The molecule has 0 spiro atoms. The summed E-state index contributed by atoms with van der Waals surface area (Å²) in [5.74, 6) is -3.77. The molecule has 7 heteroatoms. The van der Waals surface area contributed by atoms with Crippen molar-refractivity contribution in [1.29, 1.82) is 0 Å². The Kier molecular flexibility index (Phi) is 4.36. The molecule has 0 fully saturated rings. The van der Waals surface area contributed by atoms with E-state index in [0.717, 1.165) is 6.92 Å². The van der Waals surface area contributed by atoms with Crippen LogP contribution in [-0.4, -0.2) is 30.7 Å². The Hall–Kier alpha value is -1.14. The fraction of sp³-hybridized carbons (Fsp3) is 0.667. The zero-order valence-corrected chi connectivity index (χ0v) is 6.47. The van der Waals surface area contributed by atoms with Gasteiger partial charge in [-0.1, -0.05) is 0 Å². The molecule has 76 valence electrons. The average Bonchev–Trinajstić information content (AvgIpc) is 2.02. The Morgan fingerprint density at radius 3 is 1.85 bits per heavy atom. The van der Waals surface area contributed by atoms with Crippen molar-refractivity contribution in [1.82, 2.24) is 0 Å². The minimum Gasteiger partial charge on any atom is -0.389 e. The van der Waals surface area contributed by atoms with Crippen molar-refractivity contribution in [2.45, 2.75) is 25.7 Å². The predicted molar refractivity (Wildman–Crippen MR) is 32.6 cm³/mol. The van der Waals surface area contributed by atoms with E-state index >= 15 is 0 Å². The van der Waals surface area contributed by atoms with Crippen LogP contribution in [0.5, 0.6) is 0 Å². The topological polar surface area (TPSA) is 43.4 Å². The van der Waals surface area contributed by atoms with E-state index in [-0.39, 0.29) is 0 Å². The highest BCUT2D eigenvalue weighted by atomic mass is 19.3. The molecule has 0 saturated carbocycles. The van der Waals surface area contributed by atoms with Crippen molar-refractivity contribution in [3.63, 3.8) is 0 Å². The standard InChI is InChI=1S/C6H6F4O3/c1-2(7)5(11)13-6(12)3(8)4(9)10/h2-4H,1H3. The lowest BCUT2D eigenvalue weighted by Crippen LogP contribution is -2.30. The van der Waals surface area contributed by atoms with Crippen LogP contribution in [0.25, 0.3) is 0 Å². The van der Waals surface area contributed by atoms with E-state index in [1.807, 2.05) is 0 Å². The number of ether oxygens (including phenoxy) is 1. The lowest BCUT2D eigenvalue weighted by atomic mass is 10.4. The lowest BCUT2D eigenvalue weighted by Gasteiger charge is -2.06. The third-order valence-electron chi connectivity index (χ3n) is 0.972. The Morgan fingerprint density at radius 1 is 1.08 bits per heavy atom. The molecule has 0 rings (SSSR count). The van der Waals surface area contributed by atoms with Gasteiger partial charge in [0.25, 0.3) is 12.6 Å². The SMILES string of the molecule is CC(F)C(=O)OC(=O)C(F)C(F)F. The number of rotatable bonds is 3. The van der Waals surface area contributed by atoms with Crippen LogP contribution in [0.3, 0.4) is 0 Å². The second-order valence-electron chi connectivity index (χ2n) is 2.09. The summed E-state index contributed by atoms with van der Waals surface area (Å²) in [6.07, 6.45) is -8.97. The van der Waals surface area contributed by atoms with Gasteiger partial charge in [0.2, 0.25) is 0 Å². The quantitative estimate of drug-likeness (QED) is 0.389. The maximum absolute atomic E-state index is 12.0. The van der Waals surface area contributed by atoms with Crippen molar-refractivity contribution in [3.8, 4) is 0 Å². The first-order chi connectivity index (χ1) is 5.86. The third kappa shape index (κ3) is 3.86. The van der Waals surface area contributed by atoms with E-state index in [1.54, 1.807) is 0 Å². The Balaban J connectivity index is 4.08. The summed E-state index contributed by atoms with van der Waals surface area (Å²) in [4.78, 5) is 20.5. The summed E-state index contributed by atoms with van der Waals surface area (Å²) in [7, 11) is 0. The molecule has 0 aromatic rings. The van der Waals surface area contributed by atoms with Crippen molar-refractivity contribution in [2.75, 3.05) is 0 Å². The minimum absolute atomic E-state index is 0.727. The molecule has 3 nitrogen and oxygen atoms in total. The van der Waals surface area contributed by atoms with E-state index in [0.29, 0.717) is 0 Å². The van der Waals surface area contributed by atoms with Crippen LogP contribution in [0.4, 0.5) is 17.6 Å². The zero-order chi connectivity index (χ0) is 10.6. The maximum Gasteiger partial charge on any atom is 0.354 e. The fourth-order valence-electron chi connectivity index (χ4n) is 0.340. The molecule has 0 bridgehead atoms. The van der Waals surface area contributed by atoms with Gasteiger partial charge >= 0.3 is 11.9 Å². The van der Waals surface area contributed by atoms with E-state index in [4.69, 9.17) is 0 Å². The number of carbonyl (C=O) groups is 2. The predicted octanol–water partition coefficient (Wildman–Crippen LogP) is 1.02. The summed E-state index contributed by atoms with van der Waals surface area (Å²) in [6, 6.07) is 0. The first-order valence-electron chi connectivity index (χ1n) is 3.18. The van der Waals surface area contributed by atoms with Crippen LogP contribution in [0, 0.1) is 0 Å². The van der Waals surface area contributed by atoms with Crippen LogP contribution < -0.4 is 0 Å². The van der Waals surface area contributed by atoms with Gasteiger partial charge in [-0.15, -0.1) is 0 Å². The van der Waals surface area contributed by atoms with E-state index in [9.17, 15) is 27.2 Å². The Labute approximate surface area is 70.7 Å². The first kappa shape index (κ1) is 11.9. The lowest BCUT2D eigenvalue weighted by molar-refractivity contribution is -0.169. The largest absolute Gasteiger partial charge is 0.389 e. The van der Waals surface area contributed by atoms with Gasteiger partial charge in [0.1, 0.15) is 0 Å². The molecule has 0 heterocycles. The maximum atomic E-state index is 12.0. The van der Waals surface area contributed by atoms with Gasteiger partial charge in [0.15, 0.2) is 6.17 Å². The van der Waals surface area contributed by atoms with Gasteiger partial charge < -0.3 is 4.74 Å². The van der Waals surface area contributed by atoms with Gasteiger partial charge in [-0.2, -0.15) is 0 Å². The van der Waals surface area contributed by atoms with Crippen LogP contribution in [0.2, 0.25) is 0 Å². The smallest absolute Gasteiger partial charge is 0.354 e. The molecule has 13 heavy (non-hydrogen) atoms. The number of hydrogen-bond donors (Lipinski definition) is 0. The highest BCUT2D eigenvalue weighted by Gasteiger charge is 2.32. The van der Waals surface area contributed by atoms with Gasteiger partial charge in [0, 0.05) is 0 Å². The van der Waals surface area contributed by atoms with Gasteiger partial charge in [-0.05, 0) is 6.92 Å². The molecule has 0 aromatic heterocycles. The minimum atomic E-state index is -3.59. The summed E-state index contributed by atoms with van der Waals surface area (Å²) < 4.78 is 50.4. The Morgan fingerprint density at radius 2 is 1.54 bits per heavy atom. The summed E-state index contributed by atoms with van der Waals surface area (Å²) in [5, 5.41) is 0. The molecule has 0 aliphatic carbocycles. The number of carbonyl (C=O) groups excluding carboxylic acids is 2. The highest BCUT2D eigenvalue weighted by molar-refractivity contribution is 5.89. The monoisotopic (exact) mass is 202 g/mol. The average molecular weight is 202 g/mol. The normalized spacial score (nSPS) is 15.2. The molecule has 0 N–H and O–H groups in total. The number of esters is 2. The molecular formula is C6H6F4O3. The van der Waals surface area contributed by atoms with Gasteiger partial charge in [-0.25, -0.2) is 27.2 Å². The molecule has 0 amide bonds. The molecule has 0 aromatic carbocycles. The van der Waals surface area contributed by atoms with Crippen molar-refractivity contribution < 1.29 is 31.9 Å². The molecular weight excluding hydrogens is 196 g/mol. The number of halogens is 4. The van der Waals surface area contributed by atoms with Crippen LogP contribution in [-0.2, 0) is 14.3 Å². The molecule has 0 aliphatic rings. The first-order valence-corrected chi connectivity index (χ1v) is 3.18. The van der Waals surface area contributed by atoms with E-state index < -0.39 is 30.7 Å². The highest BCUT2D eigenvalue weighted by Crippen LogP contribution is 2.08. The summed E-state index contributed by atoms with van der Waals surface area (Å²) in [5.41, 5.74) is 0. The fourth-order valence-corrected chi connectivity index (χ4v) is 0.340. The van der Waals surface area contributed by atoms with Crippen LogP contribution in [0.1, 0.15) is 6.92 Å². The zero-order valence-electron chi connectivity index (χ0n) is 6.47. The van der Waals surface area contributed by atoms with Crippen molar-refractivity contribution >= 4 is 11.9 Å². The van der Waals surface area contributed by atoms with Gasteiger partial charge in [0.05, 0.1) is 0 Å². The second-order valence-corrected chi connectivity index (χ2v) is 2.09. The van der Waals surface area contributed by atoms with E-state index in [2.05, 4.69) is 4.74 Å². The second kappa shape index (κ2) is 4.78. The molecule has 0 radical (unpaired) electrons. The summed E-state index contributed by atoms with van der Waals surface area (Å²) in [6.45, 7) is 0.727. The van der Waals surface area contributed by atoms with Crippen molar-refractivity contribution in [2.24, 2.45) is 0 Å². The number of hydrogen-bond acceptors (Lipinski definition) is 3. The molecule has 2 atom stereocenters. The van der Waals surface area contributed by atoms with Crippen LogP contribution in [0.15, 0.2) is 0 Å². The van der Waals surface area contributed by atoms with E-state index in [1.165, 1.54) is 0 Å². The van der Waals surface area contributed by atoms with Gasteiger partial charge in [-0.3, -0.25) is 0 Å². The summed E-state index contributed by atoms with van der Waals surface area (Å²) >= 11 is 0. The third-order valence-corrected chi connectivity index (χ3v) is 0.972. The Bertz CT molecular complexity index is 204. The van der Waals surface area contributed by atoms with Crippen molar-refractivity contribution in [3.05, 3.63) is 0 Å². The number of alkyl halides is 4. The molecule has 2 unspecified atom stereocenters. The molecule has 0 saturated heterocycles. The van der Waals surface area contributed by atoms with Crippen LogP contribution >= 0.6 is 0 Å².